The van der Waals surface area contributed by atoms with E-state index in [0.29, 0.717) is 0 Å². The maximum absolute atomic E-state index is 4.97. The Balaban J connectivity index is 1.88. The Morgan fingerprint density at radius 2 is 2.12 bits per heavy atom. The van der Waals surface area contributed by atoms with Crippen LogP contribution in [0.3, 0.4) is 0 Å². The third-order valence-electron chi connectivity index (χ3n) is 2.17. The van der Waals surface area contributed by atoms with Crippen LogP contribution in [0.15, 0.2) is 10.6 Å². The molecule has 5 nitrogen and oxygen atoms in total. The van der Waals surface area contributed by atoms with Crippen LogP contribution in [0.1, 0.15) is 17.9 Å². The molecule has 0 atom stereocenters. The summed E-state index contributed by atoms with van der Waals surface area (Å²) in [5.41, 5.74) is 0.963. The van der Waals surface area contributed by atoms with E-state index in [1.54, 1.807) is 7.11 Å². The average molecular weight is 227 g/mol. The van der Waals surface area contributed by atoms with Crippen molar-refractivity contribution in [2.45, 2.75) is 19.9 Å². The minimum atomic E-state index is 0.769. The Hall–Kier alpha value is -0.910. The number of nitrogens with zero attached hydrogens (tertiary/aromatic N) is 1. The van der Waals surface area contributed by atoms with Gasteiger partial charge in [0, 0.05) is 26.3 Å². The van der Waals surface area contributed by atoms with E-state index in [1.165, 1.54) is 0 Å². The Labute approximate surface area is 96.5 Å². The van der Waals surface area contributed by atoms with Gasteiger partial charge in [-0.25, -0.2) is 0 Å². The molecule has 1 rings (SSSR count). The van der Waals surface area contributed by atoms with Crippen LogP contribution < -0.4 is 10.6 Å². The number of methoxy groups -OCH3 is 1. The molecule has 0 radical (unpaired) electrons. The fourth-order valence-electron chi connectivity index (χ4n) is 1.36. The van der Waals surface area contributed by atoms with Gasteiger partial charge in [-0.2, -0.15) is 0 Å². The number of rotatable bonds is 9. The molecule has 5 heteroatoms. The molecule has 0 saturated heterocycles. The summed E-state index contributed by atoms with van der Waals surface area (Å²) in [7, 11) is 1.71. The second kappa shape index (κ2) is 8.27. The van der Waals surface area contributed by atoms with Gasteiger partial charge in [-0.15, -0.1) is 0 Å². The minimum absolute atomic E-state index is 0.769. The number of hydrogen-bond acceptors (Lipinski definition) is 5. The quantitative estimate of drug-likeness (QED) is 0.608. The smallest absolute Gasteiger partial charge is 0.133 e. The Morgan fingerprint density at radius 3 is 2.81 bits per heavy atom. The molecule has 0 aliphatic rings. The molecule has 2 N–H and O–H groups in total. The normalized spacial score (nSPS) is 10.9. The van der Waals surface area contributed by atoms with Crippen molar-refractivity contribution in [1.82, 2.24) is 15.8 Å². The molecule has 16 heavy (non-hydrogen) atoms. The predicted octanol–water partition coefficient (Wildman–Crippen LogP) is 0.699. The second-order valence-electron chi connectivity index (χ2n) is 3.70. The lowest BCUT2D eigenvalue weighted by Gasteiger charge is -2.04. The SMILES string of the molecule is COCCNCCCNCc1cc(C)on1. The van der Waals surface area contributed by atoms with Crippen LogP contribution in [0.2, 0.25) is 0 Å². The van der Waals surface area contributed by atoms with Gasteiger partial charge < -0.3 is 19.9 Å². The van der Waals surface area contributed by atoms with E-state index in [1.807, 2.05) is 13.0 Å². The first-order valence-corrected chi connectivity index (χ1v) is 5.65. The predicted molar refractivity (Wildman–Crippen MR) is 62.3 cm³/mol. The largest absolute Gasteiger partial charge is 0.383 e. The third kappa shape index (κ3) is 5.85. The van der Waals surface area contributed by atoms with Gasteiger partial charge >= 0.3 is 0 Å². The zero-order valence-corrected chi connectivity index (χ0v) is 10.1. The summed E-state index contributed by atoms with van der Waals surface area (Å²) in [6.07, 6.45) is 1.10. The zero-order valence-electron chi connectivity index (χ0n) is 10.1. The van der Waals surface area contributed by atoms with Crippen LogP contribution in [0.4, 0.5) is 0 Å². The standard InChI is InChI=1S/C11H21N3O2/c1-10-8-11(14-16-10)9-13-5-3-4-12-6-7-15-2/h8,12-13H,3-7,9H2,1-2H3. The van der Waals surface area contributed by atoms with Gasteiger partial charge in [0.25, 0.3) is 0 Å². The van der Waals surface area contributed by atoms with E-state index in [9.17, 15) is 0 Å². The molecule has 0 amide bonds. The van der Waals surface area contributed by atoms with Crippen LogP contribution in [0, 0.1) is 6.92 Å². The maximum atomic E-state index is 4.97. The highest BCUT2D eigenvalue weighted by Gasteiger charge is 1.98. The van der Waals surface area contributed by atoms with E-state index in [2.05, 4.69) is 15.8 Å². The molecule has 0 spiro atoms. The molecule has 0 aliphatic heterocycles. The van der Waals surface area contributed by atoms with E-state index < -0.39 is 0 Å². The number of hydrogen-bond donors (Lipinski definition) is 2. The van der Waals surface area contributed by atoms with Gasteiger partial charge in [0.2, 0.25) is 0 Å². The monoisotopic (exact) mass is 227 g/mol. The van der Waals surface area contributed by atoms with Crippen molar-refractivity contribution in [3.05, 3.63) is 17.5 Å². The van der Waals surface area contributed by atoms with Crippen molar-refractivity contribution in [3.8, 4) is 0 Å². The highest BCUT2D eigenvalue weighted by Crippen LogP contribution is 2.00. The van der Waals surface area contributed by atoms with Crippen molar-refractivity contribution >= 4 is 0 Å². The van der Waals surface area contributed by atoms with Gasteiger partial charge in [-0.3, -0.25) is 0 Å². The van der Waals surface area contributed by atoms with Crippen LogP contribution in [0.5, 0.6) is 0 Å². The van der Waals surface area contributed by atoms with Crippen LogP contribution in [0.25, 0.3) is 0 Å². The van der Waals surface area contributed by atoms with Crippen molar-refractivity contribution < 1.29 is 9.26 Å². The van der Waals surface area contributed by atoms with Gasteiger partial charge in [0.05, 0.1) is 12.3 Å². The Kier molecular flexibility index (Phi) is 6.80. The molecule has 92 valence electrons. The molecule has 1 aromatic rings. The van der Waals surface area contributed by atoms with Crippen molar-refractivity contribution in [2.75, 3.05) is 33.4 Å². The summed E-state index contributed by atoms with van der Waals surface area (Å²) in [4.78, 5) is 0. The first kappa shape index (κ1) is 13.2. The molecule has 0 aromatic carbocycles. The number of ether oxygens (including phenoxy) is 1. The lowest BCUT2D eigenvalue weighted by molar-refractivity contribution is 0.199. The van der Waals surface area contributed by atoms with E-state index in [-0.39, 0.29) is 0 Å². The molecule has 0 bridgehead atoms. The average Bonchev–Trinajstić information content (AvgIpc) is 2.68. The summed E-state index contributed by atoms with van der Waals surface area (Å²) in [5, 5.41) is 10.5. The Morgan fingerprint density at radius 1 is 1.31 bits per heavy atom. The van der Waals surface area contributed by atoms with E-state index in [4.69, 9.17) is 9.26 Å². The van der Waals surface area contributed by atoms with Gasteiger partial charge in [0.15, 0.2) is 0 Å². The van der Waals surface area contributed by atoms with Crippen molar-refractivity contribution in [3.63, 3.8) is 0 Å². The summed E-state index contributed by atoms with van der Waals surface area (Å²) >= 11 is 0. The number of nitrogens with one attached hydrogen (secondary N) is 2. The highest BCUT2D eigenvalue weighted by molar-refractivity contribution is 5.02. The van der Waals surface area contributed by atoms with Gasteiger partial charge in [0.1, 0.15) is 5.76 Å². The molecule has 0 unspecified atom stereocenters. The molecular weight excluding hydrogens is 206 g/mol. The molecule has 0 fully saturated rings. The fraction of sp³-hybridized carbons (Fsp3) is 0.727. The van der Waals surface area contributed by atoms with Crippen LogP contribution in [-0.2, 0) is 11.3 Å². The van der Waals surface area contributed by atoms with Crippen LogP contribution in [-0.4, -0.2) is 38.5 Å². The lowest BCUT2D eigenvalue weighted by Crippen LogP contribution is -2.24. The second-order valence-corrected chi connectivity index (χ2v) is 3.70. The Bertz CT molecular complexity index is 276. The number of aromatic nitrogens is 1. The van der Waals surface area contributed by atoms with Crippen LogP contribution >= 0.6 is 0 Å². The third-order valence-corrected chi connectivity index (χ3v) is 2.17. The van der Waals surface area contributed by atoms with Crippen molar-refractivity contribution in [2.24, 2.45) is 0 Å². The molecule has 1 heterocycles. The van der Waals surface area contributed by atoms with E-state index >= 15 is 0 Å². The van der Waals surface area contributed by atoms with Gasteiger partial charge in [-0.05, 0) is 26.4 Å². The first-order chi connectivity index (χ1) is 7.83. The lowest BCUT2D eigenvalue weighted by atomic mass is 10.3. The van der Waals surface area contributed by atoms with Gasteiger partial charge in [-0.1, -0.05) is 5.16 Å². The highest BCUT2D eigenvalue weighted by atomic mass is 16.5. The molecule has 0 saturated carbocycles. The zero-order chi connectivity index (χ0) is 11.6. The minimum Gasteiger partial charge on any atom is -0.383 e. The van der Waals surface area contributed by atoms with E-state index in [0.717, 1.165) is 50.7 Å². The fourth-order valence-corrected chi connectivity index (χ4v) is 1.36. The summed E-state index contributed by atoms with van der Waals surface area (Å²) in [6, 6.07) is 1.95. The summed E-state index contributed by atoms with van der Waals surface area (Å²) in [6.45, 7) is 6.34. The first-order valence-electron chi connectivity index (χ1n) is 5.65. The van der Waals surface area contributed by atoms with Crippen molar-refractivity contribution in [1.29, 1.82) is 0 Å². The molecule has 1 aromatic heterocycles. The summed E-state index contributed by atoms with van der Waals surface area (Å²) in [5.74, 6) is 0.859. The molecule has 0 aliphatic carbocycles. The topological polar surface area (TPSA) is 59.3 Å². The maximum Gasteiger partial charge on any atom is 0.133 e. The molecular formula is C11H21N3O2. The number of aryl methyl sites for hydroxylation is 1. The summed E-state index contributed by atoms with van der Waals surface area (Å²) < 4.78 is 9.90.